The fraction of sp³-hybridized carbons (Fsp3) is 0.538. The molecule has 1 N–H and O–H groups in total. The van der Waals surface area contributed by atoms with E-state index in [1.807, 2.05) is 6.07 Å². The third kappa shape index (κ3) is 2.89. The van der Waals surface area contributed by atoms with E-state index in [1.54, 1.807) is 0 Å². The zero-order valence-electron chi connectivity index (χ0n) is 9.79. The van der Waals surface area contributed by atoms with E-state index < -0.39 is 0 Å². The lowest BCUT2D eigenvalue weighted by molar-refractivity contribution is 0.297. The maximum atomic E-state index is 5.64. The average Bonchev–Trinajstić information content (AvgIpc) is 2.54. The second kappa shape index (κ2) is 5.75. The molecular formula is C13H19NO2. The summed E-state index contributed by atoms with van der Waals surface area (Å²) in [6.07, 6.45) is 2.11. The first-order chi connectivity index (χ1) is 7.90. The summed E-state index contributed by atoms with van der Waals surface area (Å²) in [7, 11) is 0. The molecule has 0 unspecified atom stereocenters. The molecule has 3 nitrogen and oxygen atoms in total. The van der Waals surface area contributed by atoms with Crippen LogP contribution in [0.15, 0.2) is 18.2 Å². The molecule has 88 valence electrons. The minimum Gasteiger partial charge on any atom is -0.490 e. The van der Waals surface area contributed by atoms with Crippen LogP contribution in [-0.2, 0) is 6.54 Å². The van der Waals surface area contributed by atoms with E-state index in [1.165, 1.54) is 5.56 Å². The molecular weight excluding hydrogens is 202 g/mol. The SMILES string of the molecule is CCCNCc1ccc2c(c1)OCCCO2. The summed E-state index contributed by atoms with van der Waals surface area (Å²) in [6.45, 7) is 5.61. The van der Waals surface area contributed by atoms with Crippen molar-refractivity contribution in [3.05, 3.63) is 23.8 Å². The predicted octanol–water partition coefficient (Wildman–Crippen LogP) is 2.35. The number of benzene rings is 1. The highest BCUT2D eigenvalue weighted by Gasteiger charge is 2.10. The highest BCUT2D eigenvalue weighted by atomic mass is 16.5. The van der Waals surface area contributed by atoms with Crippen LogP contribution in [0.3, 0.4) is 0 Å². The Kier molecular flexibility index (Phi) is 4.05. The molecule has 0 fully saturated rings. The molecule has 0 saturated carbocycles. The molecule has 0 spiro atoms. The highest BCUT2D eigenvalue weighted by molar-refractivity contribution is 5.43. The minimum atomic E-state index is 0.749. The predicted molar refractivity (Wildman–Crippen MR) is 64.0 cm³/mol. The fourth-order valence-electron chi connectivity index (χ4n) is 1.73. The topological polar surface area (TPSA) is 30.5 Å². The number of fused-ring (bicyclic) bond motifs is 1. The first kappa shape index (κ1) is 11.3. The van der Waals surface area contributed by atoms with E-state index in [-0.39, 0.29) is 0 Å². The summed E-state index contributed by atoms with van der Waals surface area (Å²) in [5, 5.41) is 3.38. The van der Waals surface area contributed by atoms with E-state index in [0.717, 1.165) is 50.6 Å². The van der Waals surface area contributed by atoms with Gasteiger partial charge < -0.3 is 14.8 Å². The van der Waals surface area contributed by atoms with Gasteiger partial charge in [-0.1, -0.05) is 13.0 Å². The van der Waals surface area contributed by atoms with Gasteiger partial charge in [-0.25, -0.2) is 0 Å². The first-order valence-corrected chi connectivity index (χ1v) is 5.99. The Bertz CT molecular complexity index is 339. The van der Waals surface area contributed by atoms with Crippen molar-refractivity contribution in [2.24, 2.45) is 0 Å². The molecule has 2 rings (SSSR count). The Hall–Kier alpha value is -1.22. The zero-order valence-corrected chi connectivity index (χ0v) is 9.79. The van der Waals surface area contributed by atoms with Crippen molar-refractivity contribution < 1.29 is 9.47 Å². The van der Waals surface area contributed by atoms with Crippen molar-refractivity contribution >= 4 is 0 Å². The Balaban J connectivity index is 2.02. The quantitative estimate of drug-likeness (QED) is 0.792. The van der Waals surface area contributed by atoms with Crippen molar-refractivity contribution in [1.29, 1.82) is 0 Å². The van der Waals surface area contributed by atoms with Crippen LogP contribution in [-0.4, -0.2) is 19.8 Å². The van der Waals surface area contributed by atoms with E-state index in [0.29, 0.717) is 0 Å². The molecule has 0 bridgehead atoms. The maximum Gasteiger partial charge on any atom is 0.161 e. The molecule has 1 aromatic carbocycles. The van der Waals surface area contributed by atoms with Gasteiger partial charge in [-0.3, -0.25) is 0 Å². The molecule has 16 heavy (non-hydrogen) atoms. The number of hydrogen-bond acceptors (Lipinski definition) is 3. The van der Waals surface area contributed by atoms with Crippen molar-refractivity contribution in [1.82, 2.24) is 5.32 Å². The number of rotatable bonds is 4. The van der Waals surface area contributed by atoms with Crippen LogP contribution in [0, 0.1) is 0 Å². The van der Waals surface area contributed by atoms with E-state index in [2.05, 4.69) is 24.4 Å². The molecule has 1 heterocycles. The molecule has 0 atom stereocenters. The molecule has 1 aromatic rings. The van der Waals surface area contributed by atoms with Gasteiger partial charge in [-0.2, -0.15) is 0 Å². The van der Waals surface area contributed by atoms with E-state index in [9.17, 15) is 0 Å². The second-order valence-corrected chi connectivity index (χ2v) is 4.01. The van der Waals surface area contributed by atoms with Crippen LogP contribution >= 0.6 is 0 Å². The third-order valence-electron chi connectivity index (χ3n) is 2.57. The lowest BCUT2D eigenvalue weighted by Crippen LogP contribution is -2.13. The fourth-order valence-corrected chi connectivity index (χ4v) is 1.73. The third-order valence-corrected chi connectivity index (χ3v) is 2.57. The summed E-state index contributed by atoms with van der Waals surface area (Å²) in [4.78, 5) is 0. The van der Waals surface area contributed by atoms with E-state index in [4.69, 9.17) is 9.47 Å². The molecule has 0 radical (unpaired) electrons. The van der Waals surface area contributed by atoms with Gasteiger partial charge in [0, 0.05) is 13.0 Å². The smallest absolute Gasteiger partial charge is 0.161 e. The van der Waals surface area contributed by atoms with Crippen LogP contribution in [0.4, 0.5) is 0 Å². The van der Waals surface area contributed by atoms with Crippen LogP contribution < -0.4 is 14.8 Å². The van der Waals surface area contributed by atoms with Gasteiger partial charge in [-0.05, 0) is 30.7 Å². The van der Waals surface area contributed by atoms with Gasteiger partial charge in [0.2, 0.25) is 0 Å². The summed E-state index contributed by atoms with van der Waals surface area (Å²) in [6, 6.07) is 6.17. The average molecular weight is 221 g/mol. The Labute approximate surface area is 96.8 Å². The number of hydrogen-bond donors (Lipinski definition) is 1. The Morgan fingerprint density at radius 1 is 1.19 bits per heavy atom. The van der Waals surface area contributed by atoms with Gasteiger partial charge in [0.1, 0.15) is 0 Å². The summed E-state index contributed by atoms with van der Waals surface area (Å²) in [5.41, 5.74) is 1.25. The van der Waals surface area contributed by atoms with Crippen molar-refractivity contribution in [2.45, 2.75) is 26.3 Å². The molecule has 0 aromatic heterocycles. The van der Waals surface area contributed by atoms with Crippen LogP contribution in [0.2, 0.25) is 0 Å². The van der Waals surface area contributed by atoms with Gasteiger partial charge >= 0.3 is 0 Å². The first-order valence-electron chi connectivity index (χ1n) is 5.99. The molecule has 1 aliphatic rings. The van der Waals surface area contributed by atoms with Gasteiger partial charge in [0.05, 0.1) is 13.2 Å². The minimum absolute atomic E-state index is 0.749. The second-order valence-electron chi connectivity index (χ2n) is 4.01. The maximum absolute atomic E-state index is 5.64. The molecule has 1 aliphatic heterocycles. The molecule has 0 aliphatic carbocycles. The Morgan fingerprint density at radius 2 is 2.00 bits per heavy atom. The monoisotopic (exact) mass is 221 g/mol. The largest absolute Gasteiger partial charge is 0.490 e. The molecule has 3 heteroatoms. The van der Waals surface area contributed by atoms with E-state index >= 15 is 0 Å². The van der Waals surface area contributed by atoms with Gasteiger partial charge in [0.25, 0.3) is 0 Å². The summed E-state index contributed by atoms with van der Waals surface area (Å²) >= 11 is 0. The summed E-state index contributed by atoms with van der Waals surface area (Å²) < 4.78 is 11.2. The highest BCUT2D eigenvalue weighted by Crippen LogP contribution is 2.30. The van der Waals surface area contributed by atoms with Gasteiger partial charge in [-0.15, -0.1) is 0 Å². The lowest BCUT2D eigenvalue weighted by Gasteiger charge is -2.09. The van der Waals surface area contributed by atoms with Crippen molar-refractivity contribution in [3.63, 3.8) is 0 Å². The lowest BCUT2D eigenvalue weighted by atomic mass is 10.2. The van der Waals surface area contributed by atoms with Crippen LogP contribution in [0.25, 0.3) is 0 Å². The van der Waals surface area contributed by atoms with Crippen LogP contribution in [0.1, 0.15) is 25.3 Å². The van der Waals surface area contributed by atoms with Crippen LogP contribution in [0.5, 0.6) is 11.5 Å². The van der Waals surface area contributed by atoms with Gasteiger partial charge in [0.15, 0.2) is 11.5 Å². The number of nitrogens with one attached hydrogen (secondary N) is 1. The van der Waals surface area contributed by atoms with Crippen molar-refractivity contribution in [2.75, 3.05) is 19.8 Å². The van der Waals surface area contributed by atoms with Crippen molar-refractivity contribution in [3.8, 4) is 11.5 Å². The number of ether oxygens (including phenoxy) is 2. The summed E-state index contributed by atoms with van der Waals surface area (Å²) in [5.74, 6) is 1.75. The standard InChI is InChI=1S/C13H19NO2/c1-2-6-14-10-11-4-5-12-13(9-11)16-8-3-7-15-12/h4-5,9,14H,2-3,6-8,10H2,1H3. The normalized spacial score (nSPS) is 14.6. The molecule has 0 saturated heterocycles. The Morgan fingerprint density at radius 3 is 2.81 bits per heavy atom. The molecule has 0 amide bonds. The zero-order chi connectivity index (χ0) is 11.2.